The first kappa shape index (κ1) is 19.7. The molecule has 1 saturated heterocycles. The SMILES string of the molecule is Cl.Cl.Nc1ccccc1C(=O)N1CCN(c2ccc3nncn3n2)CC1. The van der Waals surface area contributed by atoms with Crippen LogP contribution in [0.15, 0.2) is 42.7 Å². The molecule has 4 rings (SSSR count). The summed E-state index contributed by atoms with van der Waals surface area (Å²) >= 11 is 0. The van der Waals surface area contributed by atoms with Crippen molar-refractivity contribution in [3.05, 3.63) is 48.3 Å². The summed E-state index contributed by atoms with van der Waals surface area (Å²) in [7, 11) is 0. The van der Waals surface area contributed by atoms with Gasteiger partial charge in [-0.3, -0.25) is 4.79 Å². The molecule has 2 aromatic heterocycles. The highest BCUT2D eigenvalue weighted by atomic mass is 35.5. The molecule has 10 heteroatoms. The Kier molecular flexibility index (Phi) is 6.23. The molecule has 0 bridgehead atoms. The van der Waals surface area contributed by atoms with Crippen molar-refractivity contribution < 1.29 is 4.79 Å². The zero-order chi connectivity index (χ0) is 16.5. The van der Waals surface area contributed by atoms with Crippen molar-refractivity contribution in [3.8, 4) is 0 Å². The number of nitrogen functional groups attached to an aromatic ring is 1. The number of anilines is 2. The molecule has 0 unspecified atom stereocenters. The minimum absolute atomic E-state index is 0. The molecular formula is C16H19Cl2N7O. The minimum Gasteiger partial charge on any atom is -0.398 e. The topological polar surface area (TPSA) is 92.7 Å². The molecule has 3 heterocycles. The first-order chi connectivity index (χ1) is 11.7. The van der Waals surface area contributed by atoms with E-state index in [0.29, 0.717) is 30.0 Å². The summed E-state index contributed by atoms with van der Waals surface area (Å²) in [5.74, 6) is 0.837. The maximum atomic E-state index is 12.6. The number of nitrogens with zero attached hydrogens (tertiary/aromatic N) is 6. The van der Waals surface area contributed by atoms with E-state index in [9.17, 15) is 4.79 Å². The third-order valence-electron chi connectivity index (χ3n) is 4.23. The van der Waals surface area contributed by atoms with E-state index in [1.807, 2.05) is 29.2 Å². The lowest BCUT2D eigenvalue weighted by Crippen LogP contribution is -2.49. The van der Waals surface area contributed by atoms with Gasteiger partial charge in [0.15, 0.2) is 5.65 Å². The standard InChI is InChI=1S/C16H17N7O.2ClH/c17-13-4-2-1-3-12(13)16(24)22-9-7-21(8-10-22)15-6-5-14-19-18-11-23(14)20-15;;/h1-6,11H,7-10,17H2;2*1H. The second-order valence-corrected chi connectivity index (χ2v) is 5.69. The number of carbonyl (C=O) groups excluding carboxylic acids is 1. The van der Waals surface area contributed by atoms with E-state index in [0.717, 1.165) is 18.9 Å². The molecule has 3 aromatic rings. The quantitative estimate of drug-likeness (QED) is 0.661. The number of piperazine rings is 1. The van der Waals surface area contributed by atoms with Crippen LogP contribution in [0.2, 0.25) is 0 Å². The van der Waals surface area contributed by atoms with Crippen molar-refractivity contribution in [2.75, 3.05) is 36.8 Å². The average molecular weight is 396 g/mol. The molecule has 0 saturated carbocycles. The van der Waals surface area contributed by atoms with Gasteiger partial charge in [-0.15, -0.1) is 40.1 Å². The van der Waals surface area contributed by atoms with Gasteiger partial charge in [-0.05, 0) is 24.3 Å². The van der Waals surface area contributed by atoms with Crippen LogP contribution in [-0.4, -0.2) is 56.8 Å². The molecule has 1 amide bonds. The van der Waals surface area contributed by atoms with E-state index in [1.54, 1.807) is 23.0 Å². The number of rotatable bonds is 2. The number of benzene rings is 1. The summed E-state index contributed by atoms with van der Waals surface area (Å²) in [5.41, 5.74) is 7.70. The highest BCUT2D eigenvalue weighted by Gasteiger charge is 2.24. The summed E-state index contributed by atoms with van der Waals surface area (Å²) in [6.07, 6.45) is 1.58. The molecule has 2 N–H and O–H groups in total. The van der Waals surface area contributed by atoms with Crippen molar-refractivity contribution in [1.29, 1.82) is 0 Å². The molecule has 0 aliphatic carbocycles. The average Bonchev–Trinajstić information content (AvgIpc) is 3.09. The number of halogens is 2. The lowest BCUT2D eigenvalue weighted by Gasteiger charge is -2.35. The van der Waals surface area contributed by atoms with Gasteiger partial charge in [0.2, 0.25) is 0 Å². The van der Waals surface area contributed by atoms with Crippen LogP contribution in [0, 0.1) is 0 Å². The van der Waals surface area contributed by atoms with Crippen LogP contribution in [0.3, 0.4) is 0 Å². The Balaban J connectivity index is 0.00000121. The molecular weight excluding hydrogens is 377 g/mol. The fraction of sp³-hybridized carbons (Fsp3) is 0.250. The number of aromatic nitrogens is 4. The summed E-state index contributed by atoms with van der Waals surface area (Å²) < 4.78 is 1.65. The Labute approximate surface area is 162 Å². The van der Waals surface area contributed by atoms with Gasteiger partial charge in [-0.1, -0.05) is 12.1 Å². The van der Waals surface area contributed by atoms with Gasteiger partial charge in [0.1, 0.15) is 12.1 Å². The van der Waals surface area contributed by atoms with Crippen molar-refractivity contribution in [2.45, 2.75) is 0 Å². The number of para-hydroxylation sites is 1. The summed E-state index contributed by atoms with van der Waals surface area (Å²) in [6.45, 7) is 2.71. The van der Waals surface area contributed by atoms with Gasteiger partial charge in [0.05, 0.1) is 5.56 Å². The summed E-state index contributed by atoms with van der Waals surface area (Å²) in [6, 6.07) is 11.0. The summed E-state index contributed by atoms with van der Waals surface area (Å²) in [5, 5.41) is 12.3. The molecule has 138 valence electrons. The molecule has 1 fully saturated rings. The van der Waals surface area contributed by atoms with Gasteiger partial charge in [-0.2, -0.15) is 4.52 Å². The maximum Gasteiger partial charge on any atom is 0.256 e. The zero-order valence-corrected chi connectivity index (χ0v) is 15.5. The largest absolute Gasteiger partial charge is 0.398 e. The monoisotopic (exact) mass is 395 g/mol. The van der Waals surface area contributed by atoms with Crippen LogP contribution >= 0.6 is 24.8 Å². The van der Waals surface area contributed by atoms with Crippen molar-refractivity contribution in [1.82, 2.24) is 24.7 Å². The predicted octanol–water partition coefficient (Wildman–Crippen LogP) is 1.51. The number of fused-ring (bicyclic) bond motifs is 1. The van der Waals surface area contributed by atoms with Crippen LogP contribution in [0.1, 0.15) is 10.4 Å². The fourth-order valence-electron chi connectivity index (χ4n) is 2.89. The first-order valence-corrected chi connectivity index (χ1v) is 7.78. The number of hydrogen-bond donors (Lipinski definition) is 1. The van der Waals surface area contributed by atoms with Crippen LogP contribution in [0.25, 0.3) is 5.65 Å². The molecule has 1 aliphatic rings. The molecule has 8 nitrogen and oxygen atoms in total. The Morgan fingerprint density at radius 2 is 1.73 bits per heavy atom. The second kappa shape index (κ2) is 8.20. The first-order valence-electron chi connectivity index (χ1n) is 7.78. The van der Waals surface area contributed by atoms with Crippen LogP contribution in [-0.2, 0) is 0 Å². The Bertz CT molecular complexity index is 893. The fourth-order valence-corrected chi connectivity index (χ4v) is 2.89. The number of amides is 1. The molecule has 0 atom stereocenters. The lowest BCUT2D eigenvalue weighted by atomic mass is 10.1. The second-order valence-electron chi connectivity index (χ2n) is 5.69. The van der Waals surface area contributed by atoms with Crippen LogP contribution in [0.5, 0.6) is 0 Å². The molecule has 26 heavy (non-hydrogen) atoms. The molecule has 0 spiro atoms. The molecule has 1 aromatic carbocycles. The van der Waals surface area contributed by atoms with Crippen molar-refractivity contribution >= 4 is 47.9 Å². The van der Waals surface area contributed by atoms with Gasteiger partial charge in [0, 0.05) is 31.9 Å². The van der Waals surface area contributed by atoms with Gasteiger partial charge in [0.25, 0.3) is 5.91 Å². The minimum atomic E-state index is -0.0185. The number of nitrogens with two attached hydrogens (primary N) is 1. The van der Waals surface area contributed by atoms with E-state index < -0.39 is 0 Å². The van der Waals surface area contributed by atoms with Crippen LogP contribution < -0.4 is 10.6 Å². The maximum absolute atomic E-state index is 12.6. The van der Waals surface area contributed by atoms with Crippen molar-refractivity contribution in [3.63, 3.8) is 0 Å². The van der Waals surface area contributed by atoms with Gasteiger partial charge >= 0.3 is 0 Å². The van der Waals surface area contributed by atoms with E-state index in [4.69, 9.17) is 5.73 Å². The van der Waals surface area contributed by atoms with E-state index >= 15 is 0 Å². The third kappa shape index (κ3) is 3.66. The zero-order valence-electron chi connectivity index (χ0n) is 13.9. The lowest BCUT2D eigenvalue weighted by molar-refractivity contribution is 0.0747. The van der Waals surface area contributed by atoms with Crippen molar-refractivity contribution in [2.24, 2.45) is 0 Å². The van der Waals surface area contributed by atoms with Gasteiger partial charge in [-0.25, -0.2) is 0 Å². The highest BCUT2D eigenvalue weighted by Crippen LogP contribution is 2.18. The van der Waals surface area contributed by atoms with E-state index in [1.165, 1.54) is 0 Å². The van der Waals surface area contributed by atoms with Gasteiger partial charge < -0.3 is 15.5 Å². The summed E-state index contributed by atoms with van der Waals surface area (Å²) in [4.78, 5) is 16.6. The van der Waals surface area contributed by atoms with E-state index in [-0.39, 0.29) is 30.7 Å². The van der Waals surface area contributed by atoms with Crippen LogP contribution in [0.4, 0.5) is 11.5 Å². The Hall–Kier alpha value is -2.58. The number of hydrogen-bond acceptors (Lipinski definition) is 6. The normalized spacial score (nSPS) is 13.8. The predicted molar refractivity (Wildman–Crippen MR) is 104 cm³/mol. The highest BCUT2D eigenvalue weighted by molar-refractivity contribution is 5.99. The smallest absolute Gasteiger partial charge is 0.256 e. The third-order valence-corrected chi connectivity index (χ3v) is 4.23. The number of carbonyl (C=O) groups is 1. The Morgan fingerprint density at radius 1 is 1.00 bits per heavy atom. The molecule has 0 radical (unpaired) electrons. The molecule has 1 aliphatic heterocycles. The Morgan fingerprint density at radius 3 is 2.46 bits per heavy atom. The van der Waals surface area contributed by atoms with E-state index in [2.05, 4.69) is 20.2 Å².